The first-order valence-electron chi connectivity index (χ1n) is 5.92. The molecule has 21 heavy (non-hydrogen) atoms. The van der Waals surface area contributed by atoms with Gasteiger partial charge in [0.15, 0.2) is 10.8 Å². The van der Waals surface area contributed by atoms with Gasteiger partial charge < -0.3 is 5.43 Å². The van der Waals surface area contributed by atoms with Crippen molar-refractivity contribution in [2.24, 2.45) is 5.84 Å². The highest BCUT2D eigenvalue weighted by Crippen LogP contribution is 2.24. The number of rotatable bonds is 5. The summed E-state index contributed by atoms with van der Waals surface area (Å²) in [5, 5.41) is 1.75. The van der Waals surface area contributed by atoms with E-state index in [0.717, 1.165) is 5.56 Å². The SMILES string of the molecule is NNc1nc2sccn2c1S(=O)(=O)NCc1ccncc1. The number of aromatic nitrogens is 3. The first kappa shape index (κ1) is 13.9. The molecule has 0 saturated heterocycles. The molecule has 110 valence electrons. The monoisotopic (exact) mass is 324 g/mol. The summed E-state index contributed by atoms with van der Waals surface area (Å²) >= 11 is 1.32. The van der Waals surface area contributed by atoms with E-state index in [9.17, 15) is 8.42 Å². The van der Waals surface area contributed by atoms with Crippen LogP contribution in [0.25, 0.3) is 4.96 Å². The number of thiazole rings is 1. The number of nitrogens with zero attached hydrogens (tertiary/aromatic N) is 3. The Labute approximate surface area is 124 Å². The van der Waals surface area contributed by atoms with Crippen LogP contribution in [0.5, 0.6) is 0 Å². The predicted octanol–water partition coefficient (Wildman–Crippen LogP) is 0.555. The first-order chi connectivity index (χ1) is 10.1. The van der Waals surface area contributed by atoms with Crippen LogP contribution >= 0.6 is 11.3 Å². The van der Waals surface area contributed by atoms with Crippen molar-refractivity contribution in [3.05, 3.63) is 41.7 Å². The maximum absolute atomic E-state index is 12.5. The van der Waals surface area contributed by atoms with Gasteiger partial charge in [-0.15, -0.1) is 11.3 Å². The van der Waals surface area contributed by atoms with Crippen molar-refractivity contribution >= 4 is 32.1 Å². The molecule has 8 nitrogen and oxygen atoms in total. The van der Waals surface area contributed by atoms with Crippen molar-refractivity contribution in [3.8, 4) is 0 Å². The van der Waals surface area contributed by atoms with E-state index in [1.807, 2.05) is 0 Å². The number of pyridine rings is 1. The predicted molar refractivity (Wildman–Crippen MR) is 79.1 cm³/mol. The zero-order valence-corrected chi connectivity index (χ0v) is 12.4. The normalized spacial score (nSPS) is 11.9. The maximum Gasteiger partial charge on any atom is 0.260 e. The maximum atomic E-state index is 12.5. The molecule has 0 unspecified atom stereocenters. The Kier molecular flexibility index (Phi) is 3.59. The third-order valence-electron chi connectivity index (χ3n) is 2.83. The number of fused-ring (bicyclic) bond motifs is 1. The lowest BCUT2D eigenvalue weighted by Gasteiger charge is -2.07. The van der Waals surface area contributed by atoms with E-state index in [1.165, 1.54) is 15.7 Å². The quantitative estimate of drug-likeness (QED) is 0.466. The Morgan fingerprint density at radius 3 is 2.81 bits per heavy atom. The number of hydrogen-bond donors (Lipinski definition) is 3. The molecule has 3 aromatic rings. The standard InChI is InChI=1S/C11H12N6O2S2/c12-16-9-10(17-5-6-20-11(17)15-9)21(18,19)14-7-8-1-3-13-4-2-8/h1-6,14,16H,7,12H2. The summed E-state index contributed by atoms with van der Waals surface area (Å²) < 4.78 is 29.0. The molecule has 0 aliphatic carbocycles. The van der Waals surface area contributed by atoms with Gasteiger partial charge in [0.25, 0.3) is 10.0 Å². The molecule has 0 aromatic carbocycles. The number of nitrogens with one attached hydrogen (secondary N) is 2. The third-order valence-corrected chi connectivity index (χ3v) is 5.01. The molecule has 10 heteroatoms. The minimum Gasteiger partial charge on any atom is -0.306 e. The molecule has 0 radical (unpaired) electrons. The number of anilines is 1. The average molecular weight is 324 g/mol. The van der Waals surface area contributed by atoms with Crippen molar-refractivity contribution in [2.75, 3.05) is 5.43 Å². The summed E-state index contributed by atoms with van der Waals surface area (Å²) in [5.41, 5.74) is 3.13. The molecular weight excluding hydrogens is 312 g/mol. The summed E-state index contributed by atoms with van der Waals surface area (Å²) in [6.07, 6.45) is 4.84. The van der Waals surface area contributed by atoms with Crippen LogP contribution in [-0.2, 0) is 16.6 Å². The molecule has 4 N–H and O–H groups in total. The number of nitrogen functional groups attached to an aromatic ring is 1. The van der Waals surface area contributed by atoms with Crippen molar-refractivity contribution in [2.45, 2.75) is 11.6 Å². The van der Waals surface area contributed by atoms with E-state index < -0.39 is 10.0 Å². The van der Waals surface area contributed by atoms with Crippen LogP contribution in [0.3, 0.4) is 0 Å². The molecule has 0 bridgehead atoms. The van der Waals surface area contributed by atoms with Crippen LogP contribution in [0.1, 0.15) is 5.56 Å². The van der Waals surface area contributed by atoms with Gasteiger partial charge in [-0.05, 0) is 17.7 Å². The second-order valence-electron chi connectivity index (χ2n) is 4.15. The van der Waals surface area contributed by atoms with Crippen molar-refractivity contribution in [1.82, 2.24) is 19.1 Å². The highest BCUT2D eigenvalue weighted by molar-refractivity contribution is 7.89. The van der Waals surface area contributed by atoms with Crippen LogP contribution in [0.4, 0.5) is 5.82 Å². The average Bonchev–Trinajstić information content (AvgIpc) is 3.06. The van der Waals surface area contributed by atoms with Gasteiger partial charge in [0.05, 0.1) is 0 Å². The molecule has 3 heterocycles. The van der Waals surface area contributed by atoms with Crippen molar-refractivity contribution < 1.29 is 8.42 Å². The zero-order chi connectivity index (χ0) is 14.9. The third kappa shape index (κ3) is 2.61. The van der Waals surface area contributed by atoms with E-state index >= 15 is 0 Å². The van der Waals surface area contributed by atoms with Crippen LogP contribution < -0.4 is 16.0 Å². The zero-order valence-electron chi connectivity index (χ0n) is 10.7. The van der Waals surface area contributed by atoms with Gasteiger partial charge in [-0.2, -0.15) is 4.98 Å². The van der Waals surface area contributed by atoms with E-state index in [2.05, 4.69) is 20.1 Å². The number of imidazole rings is 1. The summed E-state index contributed by atoms with van der Waals surface area (Å²) in [6, 6.07) is 3.47. The molecular formula is C11H12N6O2S2. The van der Waals surface area contributed by atoms with Gasteiger partial charge >= 0.3 is 0 Å². The van der Waals surface area contributed by atoms with Crippen molar-refractivity contribution in [1.29, 1.82) is 0 Å². The van der Waals surface area contributed by atoms with E-state index in [1.54, 1.807) is 36.1 Å². The van der Waals surface area contributed by atoms with E-state index in [4.69, 9.17) is 5.84 Å². The largest absolute Gasteiger partial charge is 0.306 e. The topological polar surface area (TPSA) is 114 Å². The molecule has 0 saturated carbocycles. The lowest BCUT2D eigenvalue weighted by atomic mass is 10.3. The molecule has 3 aromatic heterocycles. The van der Waals surface area contributed by atoms with Crippen LogP contribution in [0.2, 0.25) is 0 Å². The molecule has 0 aliphatic heterocycles. The second kappa shape index (κ2) is 5.41. The van der Waals surface area contributed by atoms with Crippen molar-refractivity contribution in [3.63, 3.8) is 0 Å². The summed E-state index contributed by atoms with van der Waals surface area (Å²) in [6.45, 7) is 0.159. The number of sulfonamides is 1. The van der Waals surface area contributed by atoms with Gasteiger partial charge in [-0.25, -0.2) is 19.0 Å². The van der Waals surface area contributed by atoms with Crippen LogP contribution in [0.15, 0.2) is 41.1 Å². The lowest BCUT2D eigenvalue weighted by Crippen LogP contribution is -2.26. The highest BCUT2D eigenvalue weighted by atomic mass is 32.2. The summed E-state index contributed by atoms with van der Waals surface area (Å²) in [7, 11) is -3.76. The summed E-state index contributed by atoms with van der Waals surface area (Å²) in [5.74, 6) is 5.47. The van der Waals surface area contributed by atoms with Crippen LogP contribution in [-0.4, -0.2) is 22.8 Å². The Hall–Kier alpha value is -2.01. The second-order valence-corrected chi connectivity index (χ2v) is 6.70. The number of nitrogens with two attached hydrogens (primary N) is 1. The Balaban J connectivity index is 1.94. The molecule has 0 spiro atoms. The fourth-order valence-electron chi connectivity index (χ4n) is 1.86. The van der Waals surface area contributed by atoms with Gasteiger partial charge in [0.2, 0.25) is 5.03 Å². The smallest absolute Gasteiger partial charge is 0.260 e. The van der Waals surface area contributed by atoms with E-state index in [0.29, 0.717) is 4.96 Å². The Bertz CT molecular complexity index is 855. The minimum absolute atomic E-state index is 0.00435. The molecule has 3 rings (SSSR count). The Morgan fingerprint density at radius 1 is 1.33 bits per heavy atom. The Morgan fingerprint density at radius 2 is 2.10 bits per heavy atom. The first-order valence-corrected chi connectivity index (χ1v) is 8.29. The fourth-order valence-corrected chi connectivity index (χ4v) is 3.89. The molecule has 0 atom stereocenters. The van der Waals surface area contributed by atoms with E-state index in [-0.39, 0.29) is 17.4 Å². The summed E-state index contributed by atoms with van der Waals surface area (Å²) in [4.78, 5) is 8.56. The van der Waals surface area contributed by atoms with Gasteiger partial charge in [-0.3, -0.25) is 9.38 Å². The van der Waals surface area contributed by atoms with Gasteiger partial charge in [0.1, 0.15) is 0 Å². The van der Waals surface area contributed by atoms with Gasteiger partial charge in [0, 0.05) is 30.5 Å². The highest BCUT2D eigenvalue weighted by Gasteiger charge is 2.25. The molecule has 0 amide bonds. The number of hydrazine groups is 1. The van der Waals surface area contributed by atoms with Gasteiger partial charge in [-0.1, -0.05) is 0 Å². The minimum atomic E-state index is -3.76. The van der Waals surface area contributed by atoms with Crippen LogP contribution in [0, 0.1) is 0 Å². The fraction of sp³-hybridized carbons (Fsp3) is 0.0909. The molecule has 0 aliphatic rings. The molecule has 0 fully saturated rings. The lowest BCUT2D eigenvalue weighted by molar-refractivity contribution is 0.577. The number of hydrogen-bond acceptors (Lipinski definition) is 7.